The number of aliphatic hydroxyl groups is 3. The molecule has 2 rings (SSSR count). The Balaban J connectivity index is 2.16. The average Bonchev–Trinajstić information content (AvgIpc) is 2.76. The number of rotatable bonds is 6. The molecule has 0 saturated carbocycles. The van der Waals surface area contributed by atoms with Gasteiger partial charge in [0.05, 0.1) is 30.9 Å². The number of nitrogens with one attached hydrogen (secondary N) is 1. The number of hydrogen-bond acceptors (Lipinski definition) is 6. The SMILES string of the molecule is CC(=O)NC[C@@H]1[C@@H](O)[C@H](O)[C@@H](CO)N1Cc1ccc(N(C)C)cc1. The molecule has 1 fully saturated rings. The molecular formula is C17H27N3O4. The maximum atomic E-state index is 11.2. The molecule has 1 saturated heterocycles. The summed E-state index contributed by atoms with van der Waals surface area (Å²) in [6.45, 7) is 1.84. The fourth-order valence-electron chi connectivity index (χ4n) is 3.14. The Morgan fingerprint density at radius 3 is 2.25 bits per heavy atom. The zero-order chi connectivity index (χ0) is 17.9. The van der Waals surface area contributed by atoms with E-state index in [1.165, 1.54) is 6.92 Å². The zero-order valence-corrected chi connectivity index (χ0v) is 14.4. The number of amides is 1. The van der Waals surface area contributed by atoms with Gasteiger partial charge in [-0.2, -0.15) is 0 Å². The molecule has 4 atom stereocenters. The van der Waals surface area contributed by atoms with Crippen LogP contribution in [0.3, 0.4) is 0 Å². The van der Waals surface area contributed by atoms with Gasteiger partial charge in [0.15, 0.2) is 0 Å². The second-order valence-corrected chi connectivity index (χ2v) is 6.47. The lowest BCUT2D eigenvalue weighted by Gasteiger charge is -2.30. The first kappa shape index (κ1) is 18.7. The highest BCUT2D eigenvalue weighted by Crippen LogP contribution is 2.27. The van der Waals surface area contributed by atoms with Crippen LogP contribution >= 0.6 is 0 Å². The van der Waals surface area contributed by atoms with Crippen molar-refractivity contribution in [1.29, 1.82) is 0 Å². The molecule has 0 spiro atoms. The van der Waals surface area contributed by atoms with Gasteiger partial charge in [-0.25, -0.2) is 0 Å². The molecule has 0 radical (unpaired) electrons. The highest BCUT2D eigenvalue weighted by Gasteiger charge is 2.46. The molecule has 7 nitrogen and oxygen atoms in total. The van der Waals surface area contributed by atoms with Crippen LogP contribution in [0.5, 0.6) is 0 Å². The summed E-state index contributed by atoms with van der Waals surface area (Å²) in [7, 11) is 3.93. The molecule has 0 unspecified atom stereocenters. The minimum Gasteiger partial charge on any atom is -0.395 e. The van der Waals surface area contributed by atoms with E-state index >= 15 is 0 Å². The van der Waals surface area contributed by atoms with Gasteiger partial charge in [-0.05, 0) is 17.7 Å². The predicted octanol–water partition coefficient (Wildman–Crippen LogP) is -0.844. The molecule has 134 valence electrons. The third-order valence-corrected chi connectivity index (χ3v) is 4.56. The fraction of sp³-hybridized carbons (Fsp3) is 0.588. The normalized spacial score (nSPS) is 27.2. The van der Waals surface area contributed by atoms with Crippen molar-refractivity contribution in [1.82, 2.24) is 10.2 Å². The number of nitrogens with zero attached hydrogens (tertiary/aromatic N) is 2. The zero-order valence-electron chi connectivity index (χ0n) is 14.4. The molecule has 7 heteroatoms. The van der Waals surface area contributed by atoms with Gasteiger partial charge in [0.25, 0.3) is 0 Å². The average molecular weight is 337 g/mol. The van der Waals surface area contributed by atoms with E-state index in [1.54, 1.807) is 0 Å². The summed E-state index contributed by atoms with van der Waals surface area (Å²) in [5.74, 6) is -0.195. The Labute approximate surface area is 142 Å². The third-order valence-electron chi connectivity index (χ3n) is 4.56. The Hall–Kier alpha value is -1.67. The van der Waals surface area contributed by atoms with Crippen molar-refractivity contribution in [3.8, 4) is 0 Å². The van der Waals surface area contributed by atoms with Gasteiger partial charge in [0, 0.05) is 39.8 Å². The Kier molecular flexibility index (Phi) is 6.17. The number of aliphatic hydroxyl groups excluding tert-OH is 3. The first-order chi connectivity index (χ1) is 11.3. The van der Waals surface area contributed by atoms with Gasteiger partial charge in [-0.15, -0.1) is 0 Å². The van der Waals surface area contributed by atoms with Crippen molar-refractivity contribution in [3.63, 3.8) is 0 Å². The van der Waals surface area contributed by atoms with E-state index in [2.05, 4.69) is 5.32 Å². The van der Waals surface area contributed by atoms with Crippen molar-refractivity contribution in [2.45, 2.75) is 37.8 Å². The Morgan fingerprint density at radius 1 is 1.17 bits per heavy atom. The minimum atomic E-state index is -1.05. The van der Waals surface area contributed by atoms with E-state index < -0.39 is 24.3 Å². The molecule has 0 bridgehead atoms. The number of benzene rings is 1. The third kappa shape index (κ3) is 4.05. The van der Waals surface area contributed by atoms with Crippen molar-refractivity contribution < 1.29 is 20.1 Å². The van der Waals surface area contributed by atoms with Crippen LogP contribution < -0.4 is 10.2 Å². The van der Waals surface area contributed by atoms with Gasteiger partial charge < -0.3 is 25.5 Å². The van der Waals surface area contributed by atoms with Gasteiger partial charge in [-0.3, -0.25) is 9.69 Å². The molecule has 1 aliphatic rings. The first-order valence-electron chi connectivity index (χ1n) is 8.08. The minimum absolute atomic E-state index is 0.195. The lowest BCUT2D eigenvalue weighted by atomic mass is 10.1. The van der Waals surface area contributed by atoms with Crippen LogP contribution in [0.2, 0.25) is 0 Å². The summed E-state index contributed by atoms with van der Waals surface area (Å²) < 4.78 is 0. The van der Waals surface area contributed by atoms with Crippen LogP contribution in [0.15, 0.2) is 24.3 Å². The highest BCUT2D eigenvalue weighted by atomic mass is 16.3. The van der Waals surface area contributed by atoms with Crippen molar-refractivity contribution in [2.24, 2.45) is 0 Å². The largest absolute Gasteiger partial charge is 0.395 e. The second kappa shape index (κ2) is 7.94. The fourth-order valence-corrected chi connectivity index (χ4v) is 3.14. The molecule has 24 heavy (non-hydrogen) atoms. The van der Waals surface area contributed by atoms with Crippen molar-refractivity contribution >= 4 is 11.6 Å². The maximum absolute atomic E-state index is 11.2. The standard InChI is InChI=1S/C17H27N3O4/c1-11(22)18-8-14-16(23)17(24)15(10-21)20(14)9-12-4-6-13(7-5-12)19(2)3/h4-7,14-17,21,23-24H,8-10H2,1-3H3,(H,18,22)/t14-,15-,16-,17-/m1/s1. The number of carbonyl (C=O) groups is 1. The van der Waals surface area contributed by atoms with E-state index in [0.29, 0.717) is 6.54 Å². The van der Waals surface area contributed by atoms with Crippen LogP contribution in [-0.4, -0.2) is 77.7 Å². The van der Waals surface area contributed by atoms with Crippen LogP contribution in [0.25, 0.3) is 0 Å². The summed E-state index contributed by atoms with van der Waals surface area (Å²) in [4.78, 5) is 15.0. The van der Waals surface area contributed by atoms with E-state index in [0.717, 1.165) is 11.3 Å². The molecule has 1 aromatic carbocycles. The second-order valence-electron chi connectivity index (χ2n) is 6.47. The molecule has 4 N–H and O–H groups in total. The quantitative estimate of drug-likeness (QED) is 0.540. The molecule has 1 aliphatic heterocycles. The topological polar surface area (TPSA) is 96.3 Å². The highest BCUT2D eigenvalue weighted by molar-refractivity contribution is 5.72. The Morgan fingerprint density at radius 2 is 1.75 bits per heavy atom. The monoisotopic (exact) mass is 337 g/mol. The van der Waals surface area contributed by atoms with Gasteiger partial charge >= 0.3 is 0 Å². The number of hydrogen-bond donors (Lipinski definition) is 4. The van der Waals surface area contributed by atoms with Crippen molar-refractivity contribution in [3.05, 3.63) is 29.8 Å². The van der Waals surface area contributed by atoms with Gasteiger partial charge in [0.2, 0.25) is 5.91 Å². The predicted molar refractivity (Wildman–Crippen MR) is 91.7 cm³/mol. The van der Waals surface area contributed by atoms with E-state index in [1.807, 2.05) is 48.2 Å². The van der Waals surface area contributed by atoms with Crippen LogP contribution in [0, 0.1) is 0 Å². The summed E-state index contributed by atoms with van der Waals surface area (Å²) in [6, 6.07) is 6.94. The number of carbonyl (C=O) groups excluding carboxylic acids is 1. The van der Waals surface area contributed by atoms with E-state index in [4.69, 9.17) is 0 Å². The van der Waals surface area contributed by atoms with Gasteiger partial charge in [0.1, 0.15) is 0 Å². The lowest BCUT2D eigenvalue weighted by molar-refractivity contribution is -0.119. The first-order valence-corrected chi connectivity index (χ1v) is 8.08. The Bertz CT molecular complexity index is 549. The van der Waals surface area contributed by atoms with E-state index in [-0.39, 0.29) is 19.1 Å². The summed E-state index contributed by atoms with van der Waals surface area (Å²) in [5.41, 5.74) is 2.09. The van der Waals surface area contributed by atoms with Crippen LogP contribution in [0.1, 0.15) is 12.5 Å². The molecule has 1 aromatic rings. The van der Waals surface area contributed by atoms with Crippen molar-refractivity contribution in [2.75, 3.05) is 32.1 Å². The maximum Gasteiger partial charge on any atom is 0.216 e. The summed E-state index contributed by atoms with van der Waals surface area (Å²) >= 11 is 0. The van der Waals surface area contributed by atoms with Crippen LogP contribution in [-0.2, 0) is 11.3 Å². The molecule has 1 heterocycles. The van der Waals surface area contributed by atoms with E-state index in [9.17, 15) is 20.1 Å². The molecule has 0 aromatic heterocycles. The van der Waals surface area contributed by atoms with Gasteiger partial charge in [-0.1, -0.05) is 12.1 Å². The molecule has 0 aliphatic carbocycles. The molecular weight excluding hydrogens is 310 g/mol. The summed E-state index contributed by atoms with van der Waals surface area (Å²) in [5, 5.41) is 32.8. The lowest BCUT2D eigenvalue weighted by Crippen LogP contribution is -2.46. The summed E-state index contributed by atoms with van der Waals surface area (Å²) in [6.07, 6.45) is -2.06. The van der Waals surface area contributed by atoms with Crippen LogP contribution in [0.4, 0.5) is 5.69 Å². The molecule has 1 amide bonds. The number of likely N-dealkylation sites (tertiary alicyclic amines) is 1. The number of anilines is 1. The smallest absolute Gasteiger partial charge is 0.216 e.